The third-order valence-electron chi connectivity index (χ3n) is 4.02. The number of benzene rings is 1. The van der Waals surface area contributed by atoms with E-state index in [0.29, 0.717) is 18.5 Å². The third kappa shape index (κ3) is 3.31. The molecule has 2 N–H and O–H groups in total. The monoisotopic (exact) mass is 349 g/mol. The third-order valence-corrected chi connectivity index (χ3v) is 5.45. The molecule has 0 radical (unpaired) electrons. The van der Waals surface area contributed by atoms with Crippen LogP contribution in [-0.2, 0) is 29.4 Å². The fourth-order valence-corrected chi connectivity index (χ4v) is 3.42. The molecule has 3 rings (SSSR count). The lowest BCUT2D eigenvalue weighted by Crippen LogP contribution is -2.26. The van der Waals surface area contributed by atoms with Crippen molar-refractivity contribution >= 4 is 15.9 Å². The summed E-state index contributed by atoms with van der Waals surface area (Å²) in [5.41, 5.74) is 0.413. The fourth-order valence-electron chi connectivity index (χ4n) is 2.69. The molecule has 0 saturated heterocycles. The van der Waals surface area contributed by atoms with E-state index >= 15 is 0 Å². The van der Waals surface area contributed by atoms with Gasteiger partial charge in [-0.3, -0.25) is 4.79 Å². The Kier molecular flexibility index (Phi) is 4.63. The van der Waals surface area contributed by atoms with Gasteiger partial charge in [-0.25, -0.2) is 13.1 Å². The van der Waals surface area contributed by atoms with Crippen molar-refractivity contribution in [1.29, 1.82) is 0 Å². The zero-order valence-corrected chi connectivity index (χ0v) is 14.1. The Morgan fingerprint density at radius 3 is 2.71 bits per heavy atom. The highest BCUT2D eigenvalue weighted by molar-refractivity contribution is 7.89. The highest BCUT2D eigenvalue weighted by Gasteiger charge is 2.17. The second kappa shape index (κ2) is 6.70. The molecule has 1 aromatic heterocycles. The van der Waals surface area contributed by atoms with E-state index in [1.807, 2.05) is 0 Å². The number of nitrogens with one attached hydrogen (secondary N) is 2. The van der Waals surface area contributed by atoms with Gasteiger partial charge in [-0.15, -0.1) is 10.2 Å². The molecule has 0 atom stereocenters. The van der Waals surface area contributed by atoms with Crippen LogP contribution in [0.1, 0.15) is 28.4 Å². The second-order valence-corrected chi connectivity index (χ2v) is 7.41. The Labute approximate surface area is 140 Å². The quantitative estimate of drug-likeness (QED) is 0.770. The Balaban J connectivity index is 1.57. The lowest BCUT2D eigenvalue weighted by molar-refractivity contribution is 0.0954. The minimum absolute atomic E-state index is 0.126. The molecule has 0 aliphatic carbocycles. The number of amides is 1. The van der Waals surface area contributed by atoms with Crippen LogP contribution in [0.4, 0.5) is 0 Å². The topological polar surface area (TPSA) is 106 Å². The average molecular weight is 349 g/mol. The molecule has 1 amide bonds. The number of aryl methyl sites for hydroxylation is 1. The molecule has 0 spiro atoms. The molecule has 9 heteroatoms. The van der Waals surface area contributed by atoms with Gasteiger partial charge in [0.25, 0.3) is 5.91 Å². The molecular weight excluding hydrogens is 330 g/mol. The zero-order chi connectivity index (χ0) is 17.2. The summed E-state index contributed by atoms with van der Waals surface area (Å²) in [7, 11) is -2.15. The van der Waals surface area contributed by atoms with E-state index in [1.54, 1.807) is 0 Å². The molecule has 24 heavy (non-hydrogen) atoms. The van der Waals surface area contributed by atoms with Gasteiger partial charge in [0.15, 0.2) is 0 Å². The standard InChI is InChI=1S/C15H19N5O3S/c1-16-24(22,23)12-6-4-11(5-7-12)15(21)17-9-8-14-19-18-13-3-2-10-20(13)14/h4-7,16H,2-3,8-10H2,1H3,(H,17,21). The van der Waals surface area contributed by atoms with Crippen molar-refractivity contribution in [3.8, 4) is 0 Å². The van der Waals surface area contributed by atoms with E-state index in [2.05, 4.69) is 24.8 Å². The summed E-state index contributed by atoms with van der Waals surface area (Å²) >= 11 is 0. The number of carbonyl (C=O) groups is 1. The minimum atomic E-state index is -3.49. The number of aromatic nitrogens is 3. The van der Waals surface area contributed by atoms with E-state index in [4.69, 9.17) is 0 Å². The van der Waals surface area contributed by atoms with E-state index < -0.39 is 10.0 Å². The lowest BCUT2D eigenvalue weighted by atomic mass is 10.2. The smallest absolute Gasteiger partial charge is 0.251 e. The van der Waals surface area contributed by atoms with Crippen LogP contribution < -0.4 is 10.0 Å². The summed E-state index contributed by atoms with van der Waals surface area (Å²) in [6, 6.07) is 5.81. The van der Waals surface area contributed by atoms with Crippen molar-refractivity contribution in [2.75, 3.05) is 13.6 Å². The predicted octanol–water partition coefficient (Wildman–Crippen LogP) is 0.105. The predicted molar refractivity (Wildman–Crippen MR) is 87.1 cm³/mol. The zero-order valence-electron chi connectivity index (χ0n) is 13.3. The van der Waals surface area contributed by atoms with Gasteiger partial charge >= 0.3 is 0 Å². The Morgan fingerprint density at radius 2 is 2.00 bits per heavy atom. The molecule has 8 nitrogen and oxygen atoms in total. The van der Waals surface area contributed by atoms with Crippen LogP contribution in [0.5, 0.6) is 0 Å². The first-order chi connectivity index (χ1) is 11.5. The largest absolute Gasteiger partial charge is 0.352 e. The summed E-state index contributed by atoms with van der Waals surface area (Å²) in [4.78, 5) is 12.2. The van der Waals surface area contributed by atoms with Gasteiger partial charge in [-0.1, -0.05) is 0 Å². The Morgan fingerprint density at radius 1 is 1.25 bits per heavy atom. The van der Waals surface area contributed by atoms with E-state index in [-0.39, 0.29) is 10.8 Å². The number of sulfonamides is 1. The molecule has 0 fully saturated rings. The number of hydrogen-bond acceptors (Lipinski definition) is 5. The van der Waals surface area contributed by atoms with Gasteiger partial charge in [0, 0.05) is 31.5 Å². The molecule has 0 unspecified atom stereocenters. The fraction of sp³-hybridized carbons (Fsp3) is 0.400. The molecule has 0 saturated carbocycles. The molecule has 128 valence electrons. The summed E-state index contributed by atoms with van der Waals surface area (Å²) < 4.78 is 27.6. The molecule has 1 aromatic carbocycles. The summed E-state index contributed by atoms with van der Waals surface area (Å²) in [5.74, 6) is 1.65. The van der Waals surface area contributed by atoms with E-state index in [0.717, 1.165) is 31.0 Å². The van der Waals surface area contributed by atoms with Crippen LogP contribution in [-0.4, -0.2) is 42.7 Å². The second-order valence-electron chi connectivity index (χ2n) is 5.53. The molecule has 2 aromatic rings. The van der Waals surface area contributed by atoms with E-state index in [9.17, 15) is 13.2 Å². The number of rotatable bonds is 6. The van der Waals surface area contributed by atoms with Crippen LogP contribution in [0.3, 0.4) is 0 Å². The summed E-state index contributed by atoms with van der Waals surface area (Å²) in [5, 5.41) is 11.1. The number of carbonyl (C=O) groups excluding carboxylic acids is 1. The molecular formula is C15H19N5O3S. The number of nitrogens with zero attached hydrogens (tertiary/aromatic N) is 3. The first kappa shape index (κ1) is 16.6. The van der Waals surface area contributed by atoms with Crippen LogP contribution in [0.25, 0.3) is 0 Å². The van der Waals surface area contributed by atoms with Crippen LogP contribution in [0.15, 0.2) is 29.2 Å². The first-order valence-corrected chi connectivity index (χ1v) is 9.22. The van der Waals surface area contributed by atoms with Crippen LogP contribution in [0, 0.1) is 0 Å². The minimum Gasteiger partial charge on any atom is -0.352 e. The Bertz CT molecular complexity index is 842. The SMILES string of the molecule is CNS(=O)(=O)c1ccc(C(=O)NCCc2nnc3n2CCC3)cc1. The Hall–Kier alpha value is -2.26. The van der Waals surface area contributed by atoms with Gasteiger partial charge in [0.2, 0.25) is 10.0 Å². The molecule has 1 aliphatic heterocycles. The van der Waals surface area contributed by atoms with Gasteiger partial charge in [-0.2, -0.15) is 0 Å². The molecule has 2 heterocycles. The maximum atomic E-state index is 12.1. The van der Waals surface area contributed by atoms with Crippen molar-refractivity contribution in [1.82, 2.24) is 24.8 Å². The average Bonchev–Trinajstić information content (AvgIpc) is 3.19. The number of hydrogen-bond donors (Lipinski definition) is 2. The van der Waals surface area contributed by atoms with Crippen molar-refractivity contribution in [2.24, 2.45) is 0 Å². The molecule has 1 aliphatic rings. The van der Waals surface area contributed by atoms with Crippen LogP contribution in [0.2, 0.25) is 0 Å². The maximum absolute atomic E-state index is 12.1. The van der Waals surface area contributed by atoms with Gasteiger partial charge in [0.05, 0.1) is 4.90 Å². The van der Waals surface area contributed by atoms with Crippen molar-refractivity contribution in [3.63, 3.8) is 0 Å². The van der Waals surface area contributed by atoms with Gasteiger partial charge < -0.3 is 9.88 Å². The highest BCUT2D eigenvalue weighted by Crippen LogP contribution is 2.14. The summed E-state index contributed by atoms with van der Waals surface area (Å²) in [6.07, 6.45) is 2.66. The van der Waals surface area contributed by atoms with Crippen molar-refractivity contribution < 1.29 is 13.2 Å². The van der Waals surface area contributed by atoms with Gasteiger partial charge in [-0.05, 0) is 37.7 Å². The van der Waals surface area contributed by atoms with Crippen molar-refractivity contribution in [3.05, 3.63) is 41.5 Å². The molecule has 0 bridgehead atoms. The normalized spacial score (nSPS) is 13.7. The summed E-state index contributed by atoms with van der Waals surface area (Å²) in [6.45, 7) is 1.39. The maximum Gasteiger partial charge on any atom is 0.251 e. The van der Waals surface area contributed by atoms with Crippen molar-refractivity contribution in [2.45, 2.75) is 30.7 Å². The van der Waals surface area contributed by atoms with E-state index in [1.165, 1.54) is 31.3 Å². The first-order valence-electron chi connectivity index (χ1n) is 7.74. The highest BCUT2D eigenvalue weighted by atomic mass is 32.2. The van der Waals surface area contributed by atoms with Crippen LogP contribution >= 0.6 is 0 Å². The van der Waals surface area contributed by atoms with Gasteiger partial charge in [0.1, 0.15) is 11.6 Å². The number of fused-ring (bicyclic) bond motifs is 1. The lowest BCUT2D eigenvalue weighted by Gasteiger charge is -2.07.